The Kier molecular flexibility index (Phi) is 6.98. The highest BCUT2D eigenvalue weighted by atomic mass is 35.5. The molecule has 0 unspecified atom stereocenters. The summed E-state index contributed by atoms with van der Waals surface area (Å²) in [5.74, 6) is -0.316. The average Bonchev–Trinajstić information content (AvgIpc) is 3.27. The Morgan fingerprint density at radius 1 is 1.03 bits per heavy atom. The lowest BCUT2D eigenvalue weighted by atomic mass is 10.0. The number of nitrogens with one attached hydrogen (secondary N) is 1. The number of halogens is 1. The zero-order valence-electron chi connectivity index (χ0n) is 16.9. The van der Waals surface area contributed by atoms with Gasteiger partial charge in [0, 0.05) is 25.2 Å². The fourth-order valence-electron chi connectivity index (χ4n) is 3.60. The van der Waals surface area contributed by atoms with E-state index < -0.39 is 10.0 Å². The first kappa shape index (κ1) is 21.8. The molecule has 0 bridgehead atoms. The maximum atomic E-state index is 12.9. The summed E-state index contributed by atoms with van der Waals surface area (Å²) in [6.07, 6.45) is 3.50. The lowest BCUT2D eigenvalue weighted by molar-refractivity contribution is 0.0950. The molecule has 1 N–H and O–H groups in total. The molecule has 29 heavy (non-hydrogen) atoms. The van der Waals surface area contributed by atoms with E-state index in [1.54, 1.807) is 6.07 Å². The van der Waals surface area contributed by atoms with Crippen LogP contribution in [0, 0.1) is 0 Å². The normalized spacial score (nSPS) is 14.9. The van der Waals surface area contributed by atoms with Gasteiger partial charge in [-0.2, -0.15) is 4.31 Å². The average molecular weight is 435 g/mol. The van der Waals surface area contributed by atoms with Crippen molar-refractivity contribution in [2.45, 2.75) is 51.0 Å². The van der Waals surface area contributed by atoms with Crippen LogP contribution < -0.4 is 5.32 Å². The zero-order chi connectivity index (χ0) is 21.0. The van der Waals surface area contributed by atoms with Crippen LogP contribution >= 0.6 is 11.6 Å². The fraction of sp³-hybridized carbons (Fsp3) is 0.409. The van der Waals surface area contributed by atoms with Crippen molar-refractivity contribution in [1.82, 2.24) is 9.62 Å². The Bertz CT molecular complexity index is 999. The van der Waals surface area contributed by atoms with Crippen LogP contribution in [0.4, 0.5) is 0 Å². The first-order chi connectivity index (χ1) is 13.9. The molecule has 0 radical (unpaired) electrons. The van der Waals surface area contributed by atoms with Gasteiger partial charge in [-0.15, -0.1) is 0 Å². The number of carbonyl (C=O) groups excluding carboxylic acids is 1. The van der Waals surface area contributed by atoms with Crippen molar-refractivity contribution < 1.29 is 13.2 Å². The highest BCUT2D eigenvalue weighted by Gasteiger charge is 2.29. The summed E-state index contributed by atoms with van der Waals surface area (Å²) in [5.41, 5.74) is 3.78. The maximum Gasteiger partial charge on any atom is 0.251 e. The molecule has 5 nitrogen and oxygen atoms in total. The van der Waals surface area contributed by atoms with E-state index in [1.807, 2.05) is 0 Å². The SMILES string of the molecule is CCc1ccc(CC)c(CNC(=O)c2ccc(Cl)c(S(=O)(=O)N3CCCC3)c2)c1. The van der Waals surface area contributed by atoms with Crippen LogP contribution in [0.1, 0.15) is 53.7 Å². The Labute approximate surface area is 178 Å². The minimum absolute atomic E-state index is 0.00376. The van der Waals surface area contributed by atoms with Crippen LogP contribution in [0.25, 0.3) is 0 Å². The number of amides is 1. The Hall–Kier alpha value is -1.89. The van der Waals surface area contributed by atoms with Crippen LogP contribution in [0.3, 0.4) is 0 Å². The van der Waals surface area contributed by atoms with Crippen molar-refractivity contribution in [2.24, 2.45) is 0 Å². The number of hydrogen-bond donors (Lipinski definition) is 1. The number of nitrogens with zero attached hydrogens (tertiary/aromatic N) is 1. The molecule has 1 aliphatic rings. The van der Waals surface area contributed by atoms with E-state index in [9.17, 15) is 13.2 Å². The lowest BCUT2D eigenvalue weighted by Crippen LogP contribution is -2.29. The second-order valence-electron chi connectivity index (χ2n) is 7.25. The van der Waals surface area contributed by atoms with E-state index >= 15 is 0 Å². The molecule has 156 valence electrons. The molecular weight excluding hydrogens is 408 g/mol. The molecule has 0 spiro atoms. The highest BCUT2D eigenvalue weighted by Crippen LogP contribution is 2.28. The third-order valence-electron chi connectivity index (χ3n) is 5.38. The second kappa shape index (κ2) is 9.28. The van der Waals surface area contributed by atoms with Gasteiger partial charge in [0.2, 0.25) is 10.0 Å². The first-order valence-corrected chi connectivity index (χ1v) is 11.9. The highest BCUT2D eigenvalue weighted by molar-refractivity contribution is 7.89. The van der Waals surface area contributed by atoms with Crippen molar-refractivity contribution in [2.75, 3.05) is 13.1 Å². The van der Waals surface area contributed by atoms with Gasteiger partial charge < -0.3 is 5.32 Å². The molecular formula is C22H27ClN2O3S. The Morgan fingerprint density at radius 2 is 1.76 bits per heavy atom. The largest absolute Gasteiger partial charge is 0.348 e. The van der Waals surface area contributed by atoms with Gasteiger partial charge in [0.15, 0.2) is 0 Å². The van der Waals surface area contributed by atoms with Crippen molar-refractivity contribution >= 4 is 27.5 Å². The summed E-state index contributed by atoms with van der Waals surface area (Å²) in [6.45, 7) is 5.55. The molecule has 1 fully saturated rings. The molecule has 0 atom stereocenters. The smallest absolute Gasteiger partial charge is 0.251 e. The van der Waals surface area contributed by atoms with E-state index in [0.29, 0.717) is 19.6 Å². The van der Waals surface area contributed by atoms with Crippen molar-refractivity contribution in [3.63, 3.8) is 0 Å². The zero-order valence-corrected chi connectivity index (χ0v) is 18.4. The minimum atomic E-state index is -3.69. The van der Waals surface area contributed by atoms with Crippen molar-refractivity contribution in [3.05, 3.63) is 63.7 Å². The third kappa shape index (κ3) is 4.82. The first-order valence-electron chi connectivity index (χ1n) is 10.1. The van der Waals surface area contributed by atoms with Crippen molar-refractivity contribution in [3.8, 4) is 0 Å². The molecule has 0 aliphatic carbocycles. The standard InChI is InChI=1S/C22H27ClN2O3S/c1-3-16-7-8-17(4-2)19(13-16)15-24-22(26)18-9-10-20(23)21(14-18)29(27,28)25-11-5-6-12-25/h7-10,13-14H,3-6,11-12,15H2,1-2H3,(H,24,26). The molecule has 1 saturated heterocycles. The second-order valence-corrected chi connectivity index (χ2v) is 9.56. The monoisotopic (exact) mass is 434 g/mol. The van der Waals surface area contributed by atoms with E-state index in [-0.39, 0.29) is 21.4 Å². The van der Waals surface area contributed by atoms with Gasteiger partial charge in [-0.3, -0.25) is 4.79 Å². The summed E-state index contributed by atoms with van der Waals surface area (Å²) in [4.78, 5) is 12.7. The molecule has 2 aromatic carbocycles. The molecule has 1 heterocycles. The van der Waals surface area contributed by atoms with Crippen LogP contribution in [-0.2, 0) is 29.4 Å². The van der Waals surface area contributed by atoms with Gasteiger partial charge in [-0.25, -0.2) is 8.42 Å². The number of rotatable bonds is 7. The molecule has 0 saturated carbocycles. The maximum absolute atomic E-state index is 12.9. The summed E-state index contributed by atoms with van der Waals surface area (Å²) >= 11 is 6.17. The number of hydrogen-bond acceptors (Lipinski definition) is 3. The molecule has 0 aromatic heterocycles. The summed E-state index contributed by atoms with van der Waals surface area (Å²) in [7, 11) is -3.69. The van der Waals surface area contributed by atoms with Gasteiger partial charge >= 0.3 is 0 Å². The predicted octanol–water partition coefficient (Wildman–Crippen LogP) is 4.18. The van der Waals surface area contributed by atoms with E-state index in [2.05, 4.69) is 37.4 Å². The Morgan fingerprint density at radius 3 is 2.41 bits per heavy atom. The van der Waals surface area contributed by atoms with E-state index in [0.717, 1.165) is 31.2 Å². The quantitative estimate of drug-likeness (QED) is 0.710. The molecule has 1 aliphatic heterocycles. The molecule has 3 rings (SSSR count). The molecule has 1 amide bonds. The molecule has 2 aromatic rings. The Balaban J connectivity index is 1.80. The van der Waals surface area contributed by atoms with Crippen LogP contribution in [0.15, 0.2) is 41.3 Å². The summed E-state index contributed by atoms with van der Waals surface area (Å²) in [5, 5.41) is 3.05. The fourth-order valence-corrected chi connectivity index (χ4v) is 5.61. The van der Waals surface area contributed by atoms with Gasteiger partial charge in [-0.1, -0.05) is 43.6 Å². The van der Waals surface area contributed by atoms with Gasteiger partial charge in [0.05, 0.1) is 5.02 Å². The van der Waals surface area contributed by atoms with Crippen molar-refractivity contribution in [1.29, 1.82) is 0 Å². The third-order valence-corrected chi connectivity index (χ3v) is 7.76. The van der Waals surface area contributed by atoms with Crippen LogP contribution in [0.2, 0.25) is 5.02 Å². The van der Waals surface area contributed by atoms with Crippen LogP contribution in [-0.4, -0.2) is 31.7 Å². The van der Waals surface area contributed by atoms with Crippen LogP contribution in [0.5, 0.6) is 0 Å². The van der Waals surface area contributed by atoms with E-state index in [4.69, 9.17) is 11.6 Å². The van der Waals surface area contributed by atoms with Gasteiger partial charge in [0.1, 0.15) is 4.90 Å². The summed E-state index contributed by atoms with van der Waals surface area (Å²) < 4.78 is 27.2. The number of carbonyl (C=O) groups is 1. The topological polar surface area (TPSA) is 66.5 Å². The van der Waals surface area contributed by atoms with Gasteiger partial charge in [-0.05, 0) is 60.6 Å². The lowest BCUT2D eigenvalue weighted by Gasteiger charge is -2.17. The number of benzene rings is 2. The number of aryl methyl sites for hydroxylation is 2. The van der Waals surface area contributed by atoms with E-state index in [1.165, 1.54) is 27.6 Å². The summed E-state index contributed by atoms with van der Waals surface area (Å²) in [6, 6.07) is 10.7. The molecule has 7 heteroatoms. The van der Waals surface area contributed by atoms with Gasteiger partial charge in [0.25, 0.3) is 5.91 Å². The minimum Gasteiger partial charge on any atom is -0.348 e. The predicted molar refractivity (Wildman–Crippen MR) is 116 cm³/mol. The number of sulfonamides is 1.